The second-order valence-corrected chi connectivity index (χ2v) is 7.47. The number of hydrogen-bond donors (Lipinski definition) is 1. The molecule has 146 valence electrons. The van der Waals surface area contributed by atoms with Crippen LogP contribution in [0.1, 0.15) is 46.4 Å². The Labute approximate surface area is 164 Å². The number of rotatable bonds is 7. The first-order valence-electron chi connectivity index (χ1n) is 10.0. The van der Waals surface area contributed by atoms with E-state index in [0.29, 0.717) is 30.5 Å². The van der Waals surface area contributed by atoms with E-state index in [4.69, 9.17) is 0 Å². The van der Waals surface area contributed by atoms with Gasteiger partial charge in [0.1, 0.15) is 0 Å². The fourth-order valence-corrected chi connectivity index (χ4v) is 4.13. The van der Waals surface area contributed by atoms with Gasteiger partial charge in [0.25, 0.3) is 11.8 Å². The van der Waals surface area contributed by atoms with Gasteiger partial charge in [-0.2, -0.15) is 0 Å². The van der Waals surface area contributed by atoms with Crippen LogP contribution in [-0.2, 0) is 4.79 Å². The van der Waals surface area contributed by atoms with Crippen LogP contribution in [0.4, 0.5) is 0 Å². The predicted molar refractivity (Wildman–Crippen MR) is 107 cm³/mol. The summed E-state index contributed by atoms with van der Waals surface area (Å²) in [5.74, 6) is -0.578. The molecule has 0 aromatic heterocycles. The van der Waals surface area contributed by atoms with Crippen LogP contribution in [0.2, 0.25) is 0 Å². The molecule has 6 heteroatoms. The molecule has 0 spiro atoms. The summed E-state index contributed by atoms with van der Waals surface area (Å²) >= 11 is 0. The number of carbonyl (C=O) groups is 3. The van der Waals surface area contributed by atoms with Crippen LogP contribution in [0.5, 0.6) is 0 Å². The molecule has 0 saturated carbocycles. The monoisotopic (exact) mass is 379 g/mol. The molecule has 2 aromatic rings. The highest BCUT2D eigenvalue weighted by molar-refractivity contribution is 6.25. The van der Waals surface area contributed by atoms with E-state index >= 15 is 0 Å². The molecule has 4 rings (SSSR count). The molecular formula is C22H25N3O3. The zero-order valence-corrected chi connectivity index (χ0v) is 15.9. The Morgan fingerprint density at radius 2 is 1.57 bits per heavy atom. The molecule has 28 heavy (non-hydrogen) atoms. The summed E-state index contributed by atoms with van der Waals surface area (Å²) in [6.45, 7) is 4.01. The Morgan fingerprint density at radius 1 is 0.929 bits per heavy atom. The standard InChI is InChI=1S/C22H25N3O3/c26-19(23-11-15-24-12-1-2-13-24)10-5-14-25-21(27)17-8-3-6-16-7-4-9-18(20(16)17)22(25)28/h3-4,6-9H,1-2,5,10-15H2,(H,23,26). The van der Waals surface area contributed by atoms with E-state index in [1.807, 2.05) is 24.3 Å². The van der Waals surface area contributed by atoms with E-state index in [1.54, 1.807) is 12.1 Å². The maximum atomic E-state index is 12.8. The van der Waals surface area contributed by atoms with Gasteiger partial charge in [-0.1, -0.05) is 24.3 Å². The van der Waals surface area contributed by atoms with Crippen molar-refractivity contribution in [3.05, 3.63) is 47.5 Å². The van der Waals surface area contributed by atoms with Crippen LogP contribution in [0.3, 0.4) is 0 Å². The number of hydrogen-bond acceptors (Lipinski definition) is 4. The van der Waals surface area contributed by atoms with Gasteiger partial charge in [0, 0.05) is 42.6 Å². The smallest absolute Gasteiger partial charge is 0.261 e. The molecule has 0 aliphatic carbocycles. The van der Waals surface area contributed by atoms with E-state index in [9.17, 15) is 14.4 Å². The van der Waals surface area contributed by atoms with Gasteiger partial charge in [0.05, 0.1) is 0 Å². The minimum atomic E-state index is -0.274. The van der Waals surface area contributed by atoms with Crippen LogP contribution in [0.15, 0.2) is 36.4 Å². The molecule has 2 aromatic carbocycles. The molecular weight excluding hydrogens is 354 g/mol. The van der Waals surface area contributed by atoms with E-state index in [2.05, 4.69) is 10.2 Å². The molecule has 0 bridgehead atoms. The Balaban J connectivity index is 1.32. The van der Waals surface area contributed by atoms with Crippen LogP contribution in [0, 0.1) is 0 Å². The number of carbonyl (C=O) groups excluding carboxylic acids is 3. The van der Waals surface area contributed by atoms with Crippen molar-refractivity contribution in [3.8, 4) is 0 Å². The van der Waals surface area contributed by atoms with Crippen LogP contribution >= 0.6 is 0 Å². The van der Waals surface area contributed by atoms with Gasteiger partial charge in [0.2, 0.25) is 5.91 Å². The van der Waals surface area contributed by atoms with Crippen molar-refractivity contribution in [3.63, 3.8) is 0 Å². The maximum Gasteiger partial charge on any atom is 0.261 e. The van der Waals surface area contributed by atoms with E-state index < -0.39 is 0 Å². The van der Waals surface area contributed by atoms with Crippen molar-refractivity contribution in [2.24, 2.45) is 0 Å². The van der Waals surface area contributed by atoms with Crippen molar-refractivity contribution in [1.29, 1.82) is 0 Å². The highest BCUT2D eigenvalue weighted by atomic mass is 16.2. The van der Waals surface area contributed by atoms with E-state index in [0.717, 1.165) is 30.4 Å². The number of amides is 3. The van der Waals surface area contributed by atoms with Crippen molar-refractivity contribution < 1.29 is 14.4 Å². The second kappa shape index (κ2) is 8.10. The Morgan fingerprint density at radius 3 is 2.21 bits per heavy atom. The van der Waals surface area contributed by atoms with Crippen LogP contribution < -0.4 is 5.32 Å². The molecule has 2 heterocycles. The summed E-state index contributed by atoms with van der Waals surface area (Å²) in [7, 11) is 0. The van der Waals surface area contributed by atoms with Gasteiger partial charge in [-0.3, -0.25) is 19.3 Å². The molecule has 3 amide bonds. The fourth-order valence-electron chi connectivity index (χ4n) is 4.13. The lowest BCUT2D eigenvalue weighted by Gasteiger charge is -2.27. The lowest BCUT2D eigenvalue weighted by molar-refractivity contribution is -0.121. The molecule has 0 radical (unpaired) electrons. The van der Waals surface area contributed by atoms with Crippen molar-refractivity contribution in [2.45, 2.75) is 25.7 Å². The molecule has 1 fully saturated rings. The summed E-state index contributed by atoms with van der Waals surface area (Å²) in [6, 6.07) is 11.0. The highest BCUT2D eigenvalue weighted by Gasteiger charge is 2.32. The third-order valence-corrected chi connectivity index (χ3v) is 5.59. The number of nitrogens with zero attached hydrogens (tertiary/aromatic N) is 2. The summed E-state index contributed by atoms with van der Waals surface area (Å²) in [4.78, 5) is 41.3. The SMILES string of the molecule is O=C(CCCN1C(=O)c2cccc3cccc(c23)C1=O)NCCN1CCCC1. The second-order valence-electron chi connectivity index (χ2n) is 7.47. The molecule has 2 aliphatic rings. The summed E-state index contributed by atoms with van der Waals surface area (Å²) in [5.41, 5.74) is 1.12. The van der Waals surface area contributed by atoms with Crippen molar-refractivity contribution >= 4 is 28.5 Å². The first-order chi connectivity index (χ1) is 13.6. The van der Waals surface area contributed by atoms with Gasteiger partial charge < -0.3 is 10.2 Å². The molecule has 2 aliphatic heterocycles. The summed E-state index contributed by atoms with van der Waals surface area (Å²) < 4.78 is 0. The number of likely N-dealkylation sites (tertiary alicyclic amines) is 1. The van der Waals surface area contributed by atoms with Gasteiger partial charge in [0.15, 0.2) is 0 Å². The van der Waals surface area contributed by atoms with Crippen LogP contribution in [-0.4, -0.2) is 60.2 Å². The Hall–Kier alpha value is -2.73. The quantitative estimate of drug-likeness (QED) is 0.750. The van der Waals surface area contributed by atoms with Gasteiger partial charge in [-0.15, -0.1) is 0 Å². The topological polar surface area (TPSA) is 69.7 Å². The molecule has 0 atom stereocenters. The Bertz CT molecular complexity index is 868. The van der Waals surface area contributed by atoms with E-state index in [-0.39, 0.29) is 24.3 Å². The number of imide groups is 1. The minimum Gasteiger partial charge on any atom is -0.355 e. The third-order valence-electron chi connectivity index (χ3n) is 5.59. The fraction of sp³-hybridized carbons (Fsp3) is 0.409. The summed E-state index contributed by atoms with van der Waals surface area (Å²) in [5, 5.41) is 4.56. The molecule has 1 saturated heterocycles. The first-order valence-corrected chi connectivity index (χ1v) is 10.0. The average molecular weight is 379 g/mol. The minimum absolute atomic E-state index is 0.0291. The zero-order chi connectivity index (χ0) is 19.5. The third kappa shape index (κ3) is 3.64. The molecule has 1 N–H and O–H groups in total. The van der Waals surface area contributed by atoms with Crippen LogP contribution in [0.25, 0.3) is 10.8 Å². The first kappa shape index (κ1) is 18.6. The van der Waals surface area contributed by atoms with Crippen molar-refractivity contribution in [2.75, 3.05) is 32.7 Å². The molecule has 0 unspecified atom stereocenters. The van der Waals surface area contributed by atoms with E-state index in [1.165, 1.54) is 17.7 Å². The van der Waals surface area contributed by atoms with Gasteiger partial charge >= 0.3 is 0 Å². The molecule has 6 nitrogen and oxygen atoms in total. The largest absolute Gasteiger partial charge is 0.355 e. The summed E-state index contributed by atoms with van der Waals surface area (Å²) in [6.07, 6.45) is 3.25. The number of benzene rings is 2. The number of nitrogens with one attached hydrogen (secondary N) is 1. The maximum absolute atomic E-state index is 12.8. The highest BCUT2D eigenvalue weighted by Crippen LogP contribution is 2.29. The average Bonchev–Trinajstić information content (AvgIpc) is 3.22. The normalized spacial score (nSPS) is 16.8. The van der Waals surface area contributed by atoms with Gasteiger partial charge in [-0.05, 0) is 49.9 Å². The zero-order valence-electron chi connectivity index (χ0n) is 15.9. The Kier molecular flexibility index (Phi) is 5.39. The predicted octanol–water partition coefficient (Wildman–Crippen LogP) is 2.43. The lowest BCUT2D eigenvalue weighted by atomic mass is 9.94. The lowest BCUT2D eigenvalue weighted by Crippen LogP contribution is -2.41. The van der Waals surface area contributed by atoms with Gasteiger partial charge in [-0.25, -0.2) is 0 Å². The van der Waals surface area contributed by atoms with Crippen molar-refractivity contribution in [1.82, 2.24) is 15.1 Å².